The molecule has 0 bridgehead atoms. The number of hydrogen-bond donors (Lipinski definition) is 2. The lowest BCUT2D eigenvalue weighted by atomic mass is 10.0. The van der Waals surface area contributed by atoms with Crippen LogP contribution in [-0.2, 0) is 12.8 Å². The second-order valence-electron chi connectivity index (χ2n) is 10.1. The Morgan fingerprint density at radius 3 is 1.51 bits per heavy atom. The Balaban J connectivity index is 1.35. The number of aromatic nitrogens is 2. The zero-order valence-corrected chi connectivity index (χ0v) is 23.0. The van der Waals surface area contributed by atoms with Gasteiger partial charge < -0.3 is 25.0 Å². The van der Waals surface area contributed by atoms with Gasteiger partial charge in [0.2, 0.25) is 0 Å². The number of aryl methyl sites for hydroxylation is 2. The molecule has 4 N–H and O–H groups in total. The Kier molecular flexibility index (Phi) is 6.85. The lowest BCUT2D eigenvalue weighted by molar-refractivity contribution is 0.413. The van der Waals surface area contributed by atoms with E-state index in [0.29, 0.717) is 56.0 Å². The summed E-state index contributed by atoms with van der Waals surface area (Å²) in [7, 11) is 0. The van der Waals surface area contributed by atoms with Gasteiger partial charge in [0.05, 0.1) is 0 Å². The Morgan fingerprint density at radius 1 is 0.698 bits per heavy atom. The summed E-state index contributed by atoms with van der Waals surface area (Å²) in [6, 6.07) is 14.8. The lowest BCUT2D eigenvalue weighted by Crippen LogP contribution is -2.12. The summed E-state index contributed by atoms with van der Waals surface area (Å²) in [5.74, 6) is -1.80. The van der Waals surface area contributed by atoms with Gasteiger partial charge in [0.1, 0.15) is 22.8 Å². The first-order valence-corrected chi connectivity index (χ1v) is 13.2. The van der Waals surface area contributed by atoms with Crippen LogP contribution >= 0.6 is 0 Å². The second-order valence-corrected chi connectivity index (χ2v) is 10.1. The number of nitrogen functional groups attached to an aromatic ring is 2. The van der Waals surface area contributed by atoms with E-state index in [-0.39, 0.29) is 35.5 Å². The van der Waals surface area contributed by atoms with Crippen LogP contribution in [0.5, 0.6) is 11.5 Å². The van der Waals surface area contributed by atoms with E-state index in [1.807, 2.05) is 0 Å². The molecule has 0 spiro atoms. The van der Waals surface area contributed by atoms with Crippen LogP contribution in [0.2, 0.25) is 0 Å². The summed E-state index contributed by atoms with van der Waals surface area (Å²) >= 11 is 0. The highest BCUT2D eigenvalue weighted by Crippen LogP contribution is 2.34. The van der Waals surface area contributed by atoms with Gasteiger partial charge in [-0.3, -0.25) is 0 Å². The van der Waals surface area contributed by atoms with Gasteiger partial charge in [0.25, 0.3) is 0 Å². The molecule has 0 saturated carbocycles. The van der Waals surface area contributed by atoms with Gasteiger partial charge >= 0.3 is 11.3 Å². The summed E-state index contributed by atoms with van der Waals surface area (Å²) in [5.41, 5.74) is 13.0. The van der Waals surface area contributed by atoms with Crippen LogP contribution in [0.4, 0.5) is 20.4 Å². The van der Waals surface area contributed by atoms with Crippen molar-refractivity contribution in [1.82, 2.24) is 9.97 Å². The zero-order chi connectivity index (χ0) is 30.4. The normalized spacial score (nSPS) is 11.3. The molecule has 43 heavy (non-hydrogen) atoms. The van der Waals surface area contributed by atoms with Gasteiger partial charge in [-0.1, -0.05) is 12.1 Å². The predicted molar refractivity (Wildman–Crippen MR) is 157 cm³/mol. The molecule has 0 aliphatic carbocycles. The van der Waals surface area contributed by atoms with Crippen molar-refractivity contribution in [2.75, 3.05) is 11.5 Å². The van der Waals surface area contributed by atoms with E-state index in [2.05, 4.69) is 9.97 Å². The molecule has 0 atom stereocenters. The van der Waals surface area contributed by atoms with Crippen molar-refractivity contribution in [2.24, 2.45) is 0 Å². The standard InChI is InChI=1S/C32H24F2N4O5/c1-15-19-11-23(33)27(13-25(19)42-31(39)21(15)9-17-5-3-7-29(35)37-17)41-28-14-26-20(12-24(28)34)16(2)22(32(40)43-26)10-18-6-4-8-30(36)38-18/h3-8,11-14H,9-10H2,1-2H3,(H2,35,37)(H2,36,38). The van der Waals surface area contributed by atoms with Gasteiger partial charge in [-0.25, -0.2) is 28.3 Å². The molecule has 0 aliphatic heterocycles. The van der Waals surface area contributed by atoms with E-state index < -0.39 is 22.9 Å². The third-order valence-electron chi connectivity index (χ3n) is 7.27. The molecule has 4 aromatic heterocycles. The summed E-state index contributed by atoms with van der Waals surface area (Å²) in [5, 5.41) is 0.678. The minimum atomic E-state index is -0.820. The number of halogens is 2. The number of pyridine rings is 2. The first-order chi connectivity index (χ1) is 20.6. The number of nitrogens with zero attached hydrogens (tertiary/aromatic N) is 2. The molecule has 216 valence electrons. The van der Waals surface area contributed by atoms with E-state index in [9.17, 15) is 9.59 Å². The molecule has 11 heteroatoms. The Morgan fingerprint density at radius 2 is 1.12 bits per heavy atom. The molecule has 0 amide bonds. The topological polar surface area (TPSA) is 147 Å². The van der Waals surface area contributed by atoms with Crippen molar-refractivity contribution in [2.45, 2.75) is 26.7 Å². The van der Waals surface area contributed by atoms with Gasteiger partial charge in [-0.15, -0.1) is 0 Å². The molecule has 2 aromatic carbocycles. The summed E-state index contributed by atoms with van der Waals surface area (Å²) in [4.78, 5) is 34.1. The Hall–Kier alpha value is -5.58. The molecule has 6 aromatic rings. The van der Waals surface area contributed by atoms with E-state index in [4.69, 9.17) is 25.0 Å². The number of hydrogen-bond acceptors (Lipinski definition) is 9. The summed E-state index contributed by atoms with van der Waals surface area (Å²) < 4.78 is 47.1. The third kappa shape index (κ3) is 5.28. The van der Waals surface area contributed by atoms with E-state index in [1.54, 1.807) is 50.2 Å². The molecule has 0 fully saturated rings. The van der Waals surface area contributed by atoms with Crippen LogP contribution in [0.3, 0.4) is 0 Å². The predicted octanol–water partition coefficient (Wildman–Crippen LogP) is 5.72. The largest absolute Gasteiger partial charge is 0.451 e. The van der Waals surface area contributed by atoms with Crippen LogP contribution in [0, 0.1) is 25.5 Å². The first-order valence-electron chi connectivity index (χ1n) is 13.2. The maximum Gasteiger partial charge on any atom is 0.340 e. The highest BCUT2D eigenvalue weighted by Gasteiger charge is 2.20. The van der Waals surface area contributed by atoms with Gasteiger partial charge in [0, 0.05) is 58.3 Å². The first kappa shape index (κ1) is 27.6. The summed E-state index contributed by atoms with van der Waals surface area (Å²) in [6.45, 7) is 3.34. The van der Waals surface area contributed by atoms with Crippen molar-refractivity contribution in [3.05, 3.63) is 127 Å². The minimum absolute atomic E-state index is 0.0477. The van der Waals surface area contributed by atoms with Crippen molar-refractivity contribution in [1.29, 1.82) is 0 Å². The highest BCUT2D eigenvalue weighted by atomic mass is 19.1. The number of fused-ring (bicyclic) bond motifs is 2. The van der Waals surface area contributed by atoms with Gasteiger partial charge in [-0.05, 0) is 61.4 Å². The highest BCUT2D eigenvalue weighted by molar-refractivity contribution is 5.84. The number of ether oxygens (including phenoxy) is 1. The molecule has 0 saturated heterocycles. The van der Waals surface area contributed by atoms with Crippen LogP contribution in [0.15, 0.2) is 79.1 Å². The minimum Gasteiger partial charge on any atom is -0.451 e. The van der Waals surface area contributed by atoms with Crippen LogP contribution in [0.25, 0.3) is 21.9 Å². The fourth-order valence-electron chi connectivity index (χ4n) is 5.02. The summed E-state index contributed by atoms with van der Waals surface area (Å²) in [6.07, 6.45) is 0.277. The van der Waals surface area contributed by atoms with E-state index >= 15 is 8.78 Å². The molecule has 6 rings (SSSR count). The van der Waals surface area contributed by atoms with Gasteiger partial charge in [-0.2, -0.15) is 0 Å². The maximum absolute atomic E-state index is 15.3. The molecule has 4 heterocycles. The molecule has 0 radical (unpaired) electrons. The molecule has 9 nitrogen and oxygen atoms in total. The molecule has 0 aliphatic rings. The van der Waals surface area contributed by atoms with E-state index in [1.165, 1.54) is 12.1 Å². The average Bonchev–Trinajstić information content (AvgIpc) is 2.95. The molecular formula is C32H24F2N4O5. The zero-order valence-electron chi connectivity index (χ0n) is 23.0. The lowest BCUT2D eigenvalue weighted by Gasteiger charge is -2.13. The fourth-order valence-corrected chi connectivity index (χ4v) is 5.02. The number of nitrogens with two attached hydrogens (primary N) is 2. The fraction of sp³-hybridized carbons (Fsp3) is 0.125. The number of benzene rings is 2. The van der Waals surface area contributed by atoms with Crippen molar-refractivity contribution in [3.8, 4) is 11.5 Å². The maximum atomic E-state index is 15.3. The Bertz CT molecular complexity index is 2040. The average molecular weight is 583 g/mol. The smallest absolute Gasteiger partial charge is 0.340 e. The number of rotatable bonds is 6. The second kappa shape index (κ2) is 10.7. The quantitative estimate of drug-likeness (QED) is 0.235. The number of anilines is 2. The van der Waals surface area contributed by atoms with Crippen molar-refractivity contribution >= 4 is 33.6 Å². The van der Waals surface area contributed by atoms with Crippen LogP contribution < -0.4 is 27.5 Å². The van der Waals surface area contributed by atoms with Gasteiger partial charge in [0.15, 0.2) is 23.1 Å². The van der Waals surface area contributed by atoms with Crippen molar-refractivity contribution < 1.29 is 22.4 Å². The van der Waals surface area contributed by atoms with Crippen LogP contribution in [-0.4, -0.2) is 9.97 Å². The molecule has 0 unspecified atom stereocenters. The third-order valence-corrected chi connectivity index (χ3v) is 7.27. The SMILES string of the molecule is Cc1c(Cc2cccc(N)n2)c(=O)oc2cc(Oc3cc4oc(=O)c(Cc5cccc(N)n5)c(C)c4cc3F)c(F)cc12. The van der Waals surface area contributed by atoms with Crippen molar-refractivity contribution in [3.63, 3.8) is 0 Å². The monoisotopic (exact) mass is 582 g/mol. The molecular weight excluding hydrogens is 558 g/mol. The Labute approximate surface area is 242 Å². The van der Waals surface area contributed by atoms with Crippen LogP contribution in [0.1, 0.15) is 33.6 Å². The van der Waals surface area contributed by atoms with E-state index in [0.717, 1.165) is 12.1 Å².